The van der Waals surface area contributed by atoms with E-state index in [9.17, 15) is 9.59 Å². The van der Waals surface area contributed by atoms with Gasteiger partial charge in [-0.15, -0.1) is 0 Å². The molecule has 3 fully saturated rings. The number of amides is 2. The molecule has 0 radical (unpaired) electrons. The third-order valence-electron chi connectivity index (χ3n) is 9.24. The molecular weight excluding hydrogens is 504 g/mol. The molecule has 2 saturated heterocycles. The van der Waals surface area contributed by atoms with Crippen molar-refractivity contribution in [3.63, 3.8) is 0 Å². The molecule has 1 aromatic carbocycles. The second-order valence-corrected chi connectivity index (χ2v) is 12.0. The summed E-state index contributed by atoms with van der Waals surface area (Å²) in [4.78, 5) is 39.3. The zero-order valence-electron chi connectivity index (χ0n) is 23.6. The van der Waals surface area contributed by atoms with Crippen LogP contribution >= 0.6 is 0 Å². The number of aromatic nitrogens is 2. The van der Waals surface area contributed by atoms with Gasteiger partial charge < -0.3 is 15.0 Å². The number of anilines is 2. The van der Waals surface area contributed by atoms with Crippen LogP contribution in [0.3, 0.4) is 0 Å². The van der Waals surface area contributed by atoms with Gasteiger partial charge in [-0.05, 0) is 69.3 Å². The molecule has 1 unspecified atom stereocenters. The van der Waals surface area contributed by atoms with Crippen LogP contribution in [0.1, 0.15) is 74.7 Å². The van der Waals surface area contributed by atoms with Crippen LogP contribution in [0.2, 0.25) is 0 Å². The Balaban J connectivity index is 1.10. The minimum absolute atomic E-state index is 0.00860. The minimum atomic E-state index is -0.370. The summed E-state index contributed by atoms with van der Waals surface area (Å²) in [5.41, 5.74) is 3.67. The number of carbonyl (C=O) groups is 2. The molecule has 2 amide bonds. The van der Waals surface area contributed by atoms with Crippen LogP contribution in [0.5, 0.6) is 0 Å². The van der Waals surface area contributed by atoms with Crippen molar-refractivity contribution in [2.45, 2.75) is 64.6 Å². The van der Waals surface area contributed by atoms with Gasteiger partial charge in [-0.25, -0.2) is 9.78 Å². The van der Waals surface area contributed by atoms with Crippen molar-refractivity contribution in [1.82, 2.24) is 19.8 Å². The van der Waals surface area contributed by atoms with Crippen molar-refractivity contribution >= 4 is 23.8 Å². The maximum absolute atomic E-state index is 12.1. The first-order valence-electron chi connectivity index (χ1n) is 14.7. The van der Waals surface area contributed by atoms with Gasteiger partial charge in [0.15, 0.2) is 0 Å². The van der Waals surface area contributed by atoms with Crippen LogP contribution in [0.25, 0.3) is 0 Å². The lowest BCUT2D eigenvalue weighted by Gasteiger charge is -2.54. The average Bonchev–Trinajstić information content (AvgIpc) is 3.79. The third kappa shape index (κ3) is 5.31. The quantitative estimate of drug-likeness (QED) is 0.441. The molecule has 2 aromatic rings. The van der Waals surface area contributed by atoms with Crippen molar-refractivity contribution < 1.29 is 14.3 Å². The van der Waals surface area contributed by atoms with Crippen LogP contribution in [-0.2, 0) is 16.1 Å². The van der Waals surface area contributed by atoms with Gasteiger partial charge in [0, 0.05) is 37.3 Å². The van der Waals surface area contributed by atoms with Gasteiger partial charge in [-0.2, -0.15) is 4.98 Å². The molecule has 212 valence electrons. The zero-order valence-corrected chi connectivity index (χ0v) is 23.6. The maximum Gasteiger partial charge on any atom is 0.415 e. The Labute approximate surface area is 236 Å². The van der Waals surface area contributed by atoms with E-state index < -0.39 is 0 Å². The van der Waals surface area contributed by atoms with Crippen molar-refractivity contribution in [2.24, 2.45) is 11.3 Å². The summed E-state index contributed by atoms with van der Waals surface area (Å²) in [6.07, 6.45) is 9.03. The summed E-state index contributed by atoms with van der Waals surface area (Å²) in [5, 5.41) is 3.41. The van der Waals surface area contributed by atoms with Crippen LogP contribution in [-0.4, -0.2) is 64.5 Å². The van der Waals surface area contributed by atoms with Crippen LogP contribution in [0.4, 0.5) is 16.6 Å². The molecule has 9 heteroatoms. The molecule has 4 heterocycles. The Kier molecular flexibility index (Phi) is 7.25. The zero-order chi connectivity index (χ0) is 27.9. The normalized spacial score (nSPS) is 21.7. The number of rotatable bonds is 9. The first-order valence-corrected chi connectivity index (χ1v) is 14.7. The van der Waals surface area contributed by atoms with Crippen molar-refractivity contribution in [2.75, 3.05) is 42.9 Å². The van der Waals surface area contributed by atoms with E-state index in [-0.39, 0.29) is 24.6 Å². The van der Waals surface area contributed by atoms with E-state index in [1.165, 1.54) is 41.4 Å². The van der Waals surface area contributed by atoms with Crippen LogP contribution in [0.15, 0.2) is 43.1 Å². The van der Waals surface area contributed by atoms with Gasteiger partial charge >= 0.3 is 6.09 Å². The van der Waals surface area contributed by atoms with E-state index in [1.807, 2.05) is 11.8 Å². The summed E-state index contributed by atoms with van der Waals surface area (Å²) in [6.45, 7) is 12.3. The second-order valence-electron chi connectivity index (χ2n) is 12.0. The molecule has 1 aliphatic carbocycles. The molecule has 4 aliphatic rings. The lowest BCUT2D eigenvalue weighted by molar-refractivity contribution is -0.141. The fourth-order valence-electron chi connectivity index (χ4n) is 6.51. The first-order chi connectivity index (χ1) is 19.4. The summed E-state index contributed by atoms with van der Waals surface area (Å²) >= 11 is 0. The van der Waals surface area contributed by atoms with E-state index in [0.717, 1.165) is 50.5 Å². The highest BCUT2D eigenvalue weighted by atomic mass is 16.6. The Morgan fingerprint density at radius 3 is 2.55 bits per heavy atom. The molecule has 1 aromatic heterocycles. The fourth-order valence-corrected chi connectivity index (χ4v) is 6.51. The number of likely N-dealkylation sites (tertiary alicyclic amines) is 2. The molecule has 1 spiro atoms. The number of cyclic esters (lactones) is 1. The number of fused-ring (bicyclic) bond motifs is 1. The summed E-state index contributed by atoms with van der Waals surface area (Å²) < 4.78 is 5.20. The SMILES string of the molecule is C=CC(=O)N1CC2(CCN(C(CC3CC3)c3ccc([C@H](C)Nc4ncc5c(n4)N(CC)C(=O)OC5)cc3)CC2)C1. The molecule has 6 rings (SSSR count). The van der Waals surface area contributed by atoms with E-state index in [2.05, 4.69) is 58.0 Å². The maximum atomic E-state index is 12.1. The molecule has 1 saturated carbocycles. The number of nitrogens with one attached hydrogen (secondary N) is 1. The lowest BCUT2D eigenvalue weighted by atomic mass is 9.71. The number of carbonyl (C=O) groups excluding carboxylic acids is 2. The smallest absolute Gasteiger partial charge is 0.415 e. The number of hydrogen-bond donors (Lipinski definition) is 1. The van der Waals surface area contributed by atoms with Gasteiger partial charge in [0.25, 0.3) is 0 Å². The summed E-state index contributed by atoms with van der Waals surface area (Å²) in [7, 11) is 0. The number of hydrogen-bond acceptors (Lipinski definition) is 7. The van der Waals surface area contributed by atoms with Crippen LogP contribution < -0.4 is 10.2 Å². The topological polar surface area (TPSA) is 90.9 Å². The van der Waals surface area contributed by atoms with Gasteiger partial charge in [0.05, 0.1) is 11.6 Å². The monoisotopic (exact) mass is 544 g/mol. The molecule has 2 atom stereocenters. The number of benzene rings is 1. The third-order valence-corrected chi connectivity index (χ3v) is 9.24. The number of nitrogens with zero attached hydrogens (tertiary/aromatic N) is 5. The van der Waals surface area contributed by atoms with Crippen LogP contribution in [0, 0.1) is 11.3 Å². The Morgan fingerprint density at radius 2 is 1.90 bits per heavy atom. The standard InChI is InChI=1S/C31H40N6O3/c1-4-27(38)36-19-31(20-36)12-14-35(15-13-31)26(16-22-6-7-22)24-10-8-23(9-11-24)21(3)33-29-32-17-25-18-40-30(39)37(5-2)28(25)34-29/h4,8-11,17,21-22,26H,1,5-7,12-16,18-20H2,2-3H3,(H,32,33,34)/t21-,26?/m0/s1. The Hall–Kier alpha value is -3.46. The molecular formula is C31H40N6O3. The fraction of sp³-hybridized carbons (Fsp3) is 0.548. The second kappa shape index (κ2) is 10.8. The Bertz CT molecular complexity index is 1260. The largest absolute Gasteiger partial charge is 0.444 e. The van der Waals surface area contributed by atoms with Gasteiger partial charge in [-0.3, -0.25) is 14.6 Å². The van der Waals surface area contributed by atoms with E-state index in [4.69, 9.17) is 4.74 Å². The summed E-state index contributed by atoms with van der Waals surface area (Å²) in [5.74, 6) is 2.02. The van der Waals surface area contributed by atoms with Crippen molar-refractivity contribution in [3.8, 4) is 0 Å². The first kappa shape index (κ1) is 26.7. The van der Waals surface area contributed by atoms with E-state index >= 15 is 0 Å². The van der Waals surface area contributed by atoms with Gasteiger partial charge in [-0.1, -0.05) is 43.7 Å². The molecule has 0 bridgehead atoms. The molecule has 1 N–H and O–H groups in total. The highest BCUT2D eigenvalue weighted by Gasteiger charge is 2.47. The average molecular weight is 545 g/mol. The highest BCUT2D eigenvalue weighted by Crippen LogP contribution is 2.45. The molecule has 40 heavy (non-hydrogen) atoms. The molecule has 3 aliphatic heterocycles. The molecule has 9 nitrogen and oxygen atoms in total. The minimum Gasteiger partial charge on any atom is -0.444 e. The van der Waals surface area contributed by atoms with Crippen molar-refractivity contribution in [1.29, 1.82) is 0 Å². The summed E-state index contributed by atoms with van der Waals surface area (Å²) in [6, 6.07) is 9.47. The van der Waals surface area contributed by atoms with E-state index in [1.54, 1.807) is 6.20 Å². The predicted molar refractivity (Wildman–Crippen MR) is 154 cm³/mol. The highest BCUT2D eigenvalue weighted by molar-refractivity contribution is 5.89. The van der Waals surface area contributed by atoms with Gasteiger partial charge in [0.1, 0.15) is 12.4 Å². The van der Waals surface area contributed by atoms with Crippen molar-refractivity contribution in [3.05, 3.63) is 59.8 Å². The Morgan fingerprint density at radius 1 is 1.20 bits per heavy atom. The lowest BCUT2D eigenvalue weighted by Crippen LogP contribution is -2.61. The predicted octanol–water partition coefficient (Wildman–Crippen LogP) is 5.08. The number of ether oxygens (including phenoxy) is 1. The number of piperidine rings is 1. The van der Waals surface area contributed by atoms with E-state index in [0.29, 0.717) is 29.8 Å². The van der Waals surface area contributed by atoms with Gasteiger partial charge in [0.2, 0.25) is 11.9 Å².